The molecule has 0 radical (unpaired) electrons. The lowest BCUT2D eigenvalue weighted by molar-refractivity contribution is 0.211. The van der Waals surface area contributed by atoms with Gasteiger partial charge in [-0.1, -0.05) is 20.3 Å². The Balaban J connectivity index is 1.80. The van der Waals surface area contributed by atoms with Crippen LogP contribution in [0.1, 0.15) is 33.1 Å². The van der Waals surface area contributed by atoms with Gasteiger partial charge < -0.3 is 10.2 Å². The lowest BCUT2D eigenvalue weighted by atomic mass is 9.90. The van der Waals surface area contributed by atoms with Gasteiger partial charge in [-0.05, 0) is 45.3 Å². The van der Waals surface area contributed by atoms with Crippen molar-refractivity contribution in [2.24, 2.45) is 11.8 Å². The summed E-state index contributed by atoms with van der Waals surface area (Å²) in [4.78, 5) is 5.07. The average molecular weight is 253 g/mol. The van der Waals surface area contributed by atoms with Crippen LogP contribution >= 0.6 is 0 Å². The van der Waals surface area contributed by atoms with Crippen molar-refractivity contribution < 1.29 is 0 Å². The highest BCUT2D eigenvalue weighted by molar-refractivity contribution is 4.89. The highest BCUT2D eigenvalue weighted by Gasteiger charge is 2.32. The number of likely N-dealkylation sites (N-methyl/N-ethyl adjacent to an activating group) is 1. The fourth-order valence-corrected chi connectivity index (χ4v) is 3.79. The Bertz CT molecular complexity index is 254. The van der Waals surface area contributed by atoms with E-state index in [0.717, 1.165) is 23.9 Å². The van der Waals surface area contributed by atoms with E-state index in [1.807, 2.05) is 0 Å². The van der Waals surface area contributed by atoms with E-state index in [9.17, 15) is 0 Å². The molecule has 3 nitrogen and oxygen atoms in total. The number of piperidine rings is 1. The van der Waals surface area contributed by atoms with Crippen molar-refractivity contribution >= 4 is 0 Å². The number of nitrogens with zero attached hydrogens (tertiary/aromatic N) is 2. The summed E-state index contributed by atoms with van der Waals surface area (Å²) in [5, 5.41) is 3.71. The van der Waals surface area contributed by atoms with Crippen LogP contribution in [0.25, 0.3) is 0 Å². The second kappa shape index (κ2) is 6.36. The van der Waals surface area contributed by atoms with Gasteiger partial charge in [0.2, 0.25) is 0 Å². The van der Waals surface area contributed by atoms with Crippen LogP contribution in [0.4, 0.5) is 0 Å². The van der Waals surface area contributed by atoms with E-state index >= 15 is 0 Å². The summed E-state index contributed by atoms with van der Waals surface area (Å²) in [5.74, 6) is 1.77. The third-order valence-electron chi connectivity index (χ3n) is 4.97. The maximum absolute atomic E-state index is 3.71. The van der Waals surface area contributed by atoms with Gasteiger partial charge >= 0.3 is 0 Å². The zero-order valence-electron chi connectivity index (χ0n) is 12.7. The average Bonchev–Trinajstić information content (AvgIpc) is 2.70. The van der Waals surface area contributed by atoms with Gasteiger partial charge in [-0.15, -0.1) is 0 Å². The summed E-state index contributed by atoms with van der Waals surface area (Å²) in [5.41, 5.74) is 0. The molecule has 4 unspecified atom stereocenters. The lowest BCUT2D eigenvalue weighted by Gasteiger charge is -2.32. The highest BCUT2D eigenvalue weighted by atomic mass is 15.2. The Morgan fingerprint density at radius 3 is 2.67 bits per heavy atom. The lowest BCUT2D eigenvalue weighted by Crippen LogP contribution is -2.45. The van der Waals surface area contributed by atoms with Crippen LogP contribution < -0.4 is 5.32 Å². The molecule has 0 aromatic carbocycles. The molecule has 18 heavy (non-hydrogen) atoms. The number of likely N-dealkylation sites (tertiary alicyclic amines) is 1. The Labute approximate surface area is 113 Å². The Morgan fingerprint density at radius 1 is 1.28 bits per heavy atom. The summed E-state index contributed by atoms with van der Waals surface area (Å²) in [6.07, 6.45) is 4.12. The fourth-order valence-electron chi connectivity index (χ4n) is 3.79. The summed E-state index contributed by atoms with van der Waals surface area (Å²) in [7, 11) is 4.44. The van der Waals surface area contributed by atoms with Gasteiger partial charge in [0.1, 0.15) is 0 Å². The van der Waals surface area contributed by atoms with Crippen molar-refractivity contribution in [3.63, 3.8) is 0 Å². The Morgan fingerprint density at radius 2 is 2.06 bits per heavy atom. The molecule has 0 spiro atoms. The quantitative estimate of drug-likeness (QED) is 0.822. The molecular formula is C15H31N3. The molecule has 0 amide bonds. The normalized spacial score (nSPS) is 38.5. The summed E-state index contributed by atoms with van der Waals surface area (Å²) >= 11 is 0. The summed E-state index contributed by atoms with van der Waals surface area (Å²) in [6.45, 7) is 9.75. The van der Waals surface area contributed by atoms with Crippen molar-refractivity contribution in [1.29, 1.82) is 0 Å². The van der Waals surface area contributed by atoms with Gasteiger partial charge in [0.15, 0.2) is 0 Å². The molecule has 2 fully saturated rings. The summed E-state index contributed by atoms with van der Waals surface area (Å²) in [6, 6.07) is 1.48. The number of nitrogens with one attached hydrogen (secondary N) is 1. The fraction of sp³-hybridized carbons (Fsp3) is 1.00. The maximum Gasteiger partial charge on any atom is 0.0254 e. The van der Waals surface area contributed by atoms with Crippen molar-refractivity contribution in [3.05, 3.63) is 0 Å². The molecule has 2 saturated heterocycles. The molecule has 3 heteroatoms. The van der Waals surface area contributed by atoms with E-state index in [1.165, 1.54) is 45.4 Å². The second-order valence-electron chi connectivity index (χ2n) is 6.68. The molecule has 0 aromatic heterocycles. The maximum atomic E-state index is 3.71. The van der Waals surface area contributed by atoms with Crippen LogP contribution in [0.5, 0.6) is 0 Å². The second-order valence-corrected chi connectivity index (χ2v) is 6.68. The van der Waals surface area contributed by atoms with E-state index in [-0.39, 0.29) is 0 Å². The molecule has 106 valence electrons. The van der Waals surface area contributed by atoms with Gasteiger partial charge in [0.25, 0.3) is 0 Å². The SMILES string of the molecule is CCC1CCNC(CN2CC(C)C(N(C)C)C2)C1. The molecule has 4 atom stereocenters. The molecule has 1 N–H and O–H groups in total. The molecule has 0 aliphatic carbocycles. The first kappa shape index (κ1) is 14.3. The van der Waals surface area contributed by atoms with Gasteiger partial charge in [-0.25, -0.2) is 0 Å². The van der Waals surface area contributed by atoms with Crippen LogP contribution in [-0.4, -0.2) is 62.2 Å². The smallest absolute Gasteiger partial charge is 0.0254 e. The molecule has 2 heterocycles. The third-order valence-corrected chi connectivity index (χ3v) is 4.97. The Kier molecular flexibility index (Phi) is 5.05. The Hall–Kier alpha value is -0.120. The van der Waals surface area contributed by atoms with Crippen molar-refractivity contribution in [3.8, 4) is 0 Å². The van der Waals surface area contributed by atoms with E-state index in [0.29, 0.717) is 0 Å². The zero-order chi connectivity index (χ0) is 13.1. The van der Waals surface area contributed by atoms with Gasteiger partial charge in [-0.3, -0.25) is 4.90 Å². The summed E-state index contributed by atoms with van der Waals surface area (Å²) < 4.78 is 0. The minimum Gasteiger partial charge on any atom is -0.313 e. The first-order valence-corrected chi connectivity index (χ1v) is 7.72. The van der Waals surface area contributed by atoms with Crippen LogP contribution in [0.15, 0.2) is 0 Å². The number of rotatable bonds is 4. The predicted molar refractivity (Wildman–Crippen MR) is 77.9 cm³/mol. The van der Waals surface area contributed by atoms with Gasteiger partial charge in [-0.2, -0.15) is 0 Å². The van der Waals surface area contributed by atoms with Gasteiger partial charge in [0.05, 0.1) is 0 Å². The molecule has 0 saturated carbocycles. The van der Waals surface area contributed by atoms with Crippen molar-refractivity contribution in [2.45, 2.75) is 45.2 Å². The highest BCUT2D eigenvalue weighted by Crippen LogP contribution is 2.23. The number of hydrogen-bond donors (Lipinski definition) is 1. The molecule has 2 rings (SSSR count). The van der Waals surface area contributed by atoms with E-state index in [2.05, 4.69) is 43.1 Å². The van der Waals surface area contributed by atoms with E-state index < -0.39 is 0 Å². The van der Waals surface area contributed by atoms with Crippen LogP contribution in [-0.2, 0) is 0 Å². The third kappa shape index (κ3) is 3.46. The monoisotopic (exact) mass is 253 g/mol. The van der Waals surface area contributed by atoms with Crippen molar-refractivity contribution in [2.75, 3.05) is 40.3 Å². The first-order valence-electron chi connectivity index (χ1n) is 7.72. The topological polar surface area (TPSA) is 18.5 Å². The van der Waals surface area contributed by atoms with Crippen molar-refractivity contribution in [1.82, 2.24) is 15.1 Å². The largest absolute Gasteiger partial charge is 0.313 e. The van der Waals surface area contributed by atoms with Gasteiger partial charge in [0, 0.05) is 31.7 Å². The van der Waals surface area contributed by atoms with E-state index in [4.69, 9.17) is 0 Å². The minimum atomic E-state index is 0.733. The van der Waals surface area contributed by atoms with Crippen LogP contribution in [0.2, 0.25) is 0 Å². The minimum absolute atomic E-state index is 0.733. The predicted octanol–water partition coefficient (Wildman–Crippen LogP) is 1.65. The van der Waals surface area contributed by atoms with E-state index in [1.54, 1.807) is 0 Å². The first-order chi connectivity index (χ1) is 8.60. The standard InChI is InChI=1S/C15H31N3/c1-5-13-6-7-16-14(8-13)10-18-9-12(2)15(11-18)17(3)4/h12-16H,5-11H2,1-4H3. The van der Waals surface area contributed by atoms with Crippen LogP contribution in [0.3, 0.4) is 0 Å². The number of hydrogen-bond acceptors (Lipinski definition) is 3. The van der Waals surface area contributed by atoms with Crippen LogP contribution in [0, 0.1) is 11.8 Å². The zero-order valence-corrected chi connectivity index (χ0v) is 12.7. The molecule has 2 aliphatic rings. The molecule has 2 aliphatic heterocycles. The molecular weight excluding hydrogens is 222 g/mol. The molecule has 0 aromatic rings. The molecule has 0 bridgehead atoms.